The molecule has 0 aliphatic carbocycles. The number of aryl methyl sites for hydroxylation is 1. The van der Waals surface area contributed by atoms with Gasteiger partial charge in [-0.3, -0.25) is 4.57 Å². The van der Waals surface area contributed by atoms with Gasteiger partial charge in [0, 0.05) is 4.88 Å². The zero-order chi connectivity index (χ0) is 12.6. The van der Waals surface area contributed by atoms with Gasteiger partial charge in [0.25, 0.3) is 0 Å². The number of nitrogens with two attached hydrogens (primary N) is 1. The van der Waals surface area contributed by atoms with Crippen molar-refractivity contribution in [2.45, 2.75) is 13.3 Å². The monoisotopic (exact) mass is 274 g/mol. The summed E-state index contributed by atoms with van der Waals surface area (Å²) in [4.78, 5) is 23.3. The van der Waals surface area contributed by atoms with Crippen LogP contribution in [0.25, 0.3) is 11.5 Å². The molecule has 8 heteroatoms. The van der Waals surface area contributed by atoms with Crippen LogP contribution in [0.1, 0.15) is 11.8 Å². The third kappa shape index (κ3) is 2.28. The third-order valence-electron chi connectivity index (χ3n) is 2.21. The number of furan rings is 1. The van der Waals surface area contributed by atoms with Crippen LogP contribution in [0, 0.1) is 0 Å². The zero-order valence-corrected chi connectivity index (χ0v) is 10.7. The molecular formula is C9H11N2O4PS. The standard InChI is InChI=1S/C9H11N2O4PS/c1-2-6-7(11-9(10)17-6)8-5(3-4-15-8)16(12,13)14/h3-4H,2H2,1H3,(H2,10,11)(H2,12,13,14). The molecule has 0 saturated heterocycles. The van der Waals surface area contributed by atoms with Gasteiger partial charge in [-0.25, -0.2) is 4.98 Å². The maximum atomic E-state index is 11.3. The van der Waals surface area contributed by atoms with Gasteiger partial charge in [-0.05, 0) is 12.5 Å². The highest BCUT2D eigenvalue weighted by atomic mass is 32.1. The Morgan fingerprint density at radius 3 is 2.88 bits per heavy atom. The molecule has 2 aromatic rings. The lowest BCUT2D eigenvalue weighted by molar-refractivity contribution is 0.387. The summed E-state index contributed by atoms with van der Waals surface area (Å²) in [7, 11) is -4.36. The summed E-state index contributed by atoms with van der Waals surface area (Å²) in [5, 5.41) is 0.197. The first-order valence-electron chi connectivity index (χ1n) is 4.82. The van der Waals surface area contributed by atoms with Gasteiger partial charge in [0.2, 0.25) is 0 Å². The smallest absolute Gasteiger partial charge is 0.360 e. The quantitative estimate of drug-likeness (QED) is 0.729. The van der Waals surface area contributed by atoms with Crippen LogP contribution >= 0.6 is 18.9 Å². The van der Waals surface area contributed by atoms with Gasteiger partial charge in [-0.2, -0.15) is 0 Å². The minimum absolute atomic E-state index is 0.100. The minimum Gasteiger partial charge on any atom is -0.462 e. The second-order valence-corrected chi connectivity index (χ2v) is 6.04. The van der Waals surface area contributed by atoms with Crippen LogP contribution in [0.15, 0.2) is 16.7 Å². The summed E-state index contributed by atoms with van der Waals surface area (Å²) in [5.41, 5.74) is 6.01. The zero-order valence-electron chi connectivity index (χ0n) is 8.95. The second kappa shape index (κ2) is 4.27. The SMILES string of the molecule is CCc1sc(N)nc1-c1occc1P(=O)(O)O. The summed E-state index contributed by atoms with van der Waals surface area (Å²) in [6.07, 6.45) is 1.91. The van der Waals surface area contributed by atoms with E-state index in [4.69, 9.17) is 10.2 Å². The van der Waals surface area contributed by atoms with Crippen LogP contribution in [-0.2, 0) is 11.0 Å². The predicted octanol–water partition coefficient (Wildman–Crippen LogP) is 1.35. The number of rotatable bonds is 3. The van der Waals surface area contributed by atoms with Crippen molar-refractivity contribution in [3.8, 4) is 11.5 Å². The summed E-state index contributed by atoms with van der Waals surface area (Å²) < 4.78 is 16.4. The molecule has 17 heavy (non-hydrogen) atoms. The average molecular weight is 274 g/mol. The first kappa shape index (κ1) is 12.3. The number of nitrogens with zero attached hydrogens (tertiary/aromatic N) is 1. The molecule has 2 rings (SSSR count). The van der Waals surface area contributed by atoms with Crippen molar-refractivity contribution in [2.75, 3.05) is 5.73 Å². The van der Waals surface area contributed by atoms with E-state index < -0.39 is 7.60 Å². The van der Waals surface area contributed by atoms with Gasteiger partial charge < -0.3 is 19.9 Å². The lowest BCUT2D eigenvalue weighted by atomic mass is 10.2. The summed E-state index contributed by atoms with van der Waals surface area (Å²) in [6, 6.07) is 1.26. The third-order valence-corrected chi connectivity index (χ3v) is 4.22. The number of thiazole rings is 1. The summed E-state index contributed by atoms with van der Waals surface area (Å²) >= 11 is 1.29. The Labute approximate surface area is 101 Å². The van der Waals surface area contributed by atoms with E-state index >= 15 is 0 Å². The molecule has 92 valence electrons. The van der Waals surface area contributed by atoms with Crippen LogP contribution in [0.3, 0.4) is 0 Å². The topological polar surface area (TPSA) is 110 Å². The van der Waals surface area contributed by atoms with Crippen molar-refractivity contribution in [3.05, 3.63) is 17.2 Å². The first-order valence-corrected chi connectivity index (χ1v) is 7.25. The minimum atomic E-state index is -4.36. The molecule has 0 bridgehead atoms. The Balaban J connectivity index is 2.61. The number of nitrogen functional groups attached to an aromatic ring is 1. The second-order valence-electron chi connectivity index (χ2n) is 3.36. The van der Waals surface area contributed by atoms with Crippen molar-refractivity contribution in [3.63, 3.8) is 0 Å². The van der Waals surface area contributed by atoms with E-state index in [1.807, 2.05) is 6.92 Å². The van der Waals surface area contributed by atoms with E-state index in [1.165, 1.54) is 23.7 Å². The van der Waals surface area contributed by atoms with E-state index in [0.29, 0.717) is 17.2 Å². The van der Waals surface area contributed by atoms with Gasteiger partial charge in [0.15, 0.2) is 10.9 Å². The highest BCUT2D eigenvalue weighted by Gasteiger charge is 2.27. The van der Waals surface area contributed by atoms with Crippen LogP contribution in [0.4, 0.5) is 5.13 Å². The molecule has 2 heterocycles. The summed E-state index contributed by atoms with van der Waals surface area (Å²) in [5.74, 6) is 0.100. The molecule has 0 amide bonds. The predicted molar refractivity (Wildman–Crippen MR) is 65.3 cm³/mol. The van der Waals surface area contributed by atoms with Crippen molar-refractivity contribution in [2.24, 2.45) is 0 Å². The molecule has 0 aromatic carbocycles. The average Bonchev–Trinajstić information content (AvgIpc) is 2.81. The molecule has 2 aromatic heterocycles. The molecule has 0 atom stereocenters. The fourth-order valence-corrected chi connectivity index (χ4v) is 2.94. The van der Waals surface area contributed by atoms with Crippen LogP contribution < -0.4 is 11.0 Å². The Morgan fingerprint density at radius 2 is 2.29 bits per heavy atom. The van der Waals surface area contributed by atoms with E-state index in [1.54, 1.807) is 0 Å². The highest BCUT2D eigenvalue weighted by molar-refractivity contribution is 7.60. The van der Waals surface area contributed by atoms with Gasteiger partial charge in [0.05, 0.1) is 6.26 Å². The lowest BCUT2D eigenvalue weighted by Crippen LogP contribution is -2.04. The molecule has 0 aliphatic heterocycles. The number of hydrogen-bond donors (Lipinski definition) is 3. The Morgan fingerprint density at radius 1 is 1.59 bits per heavy atom. The molecule has 0 unspecified atom stereocenters. The molecule has 0 radical (unpaired) electrons. The van der Waals surface area contributed by atoms with E-state index in [2.05, 4.69) is 4.98 Å². The van der Waals surface area contributed by atoms with Gasteiger partial charge in [-0.1, -0.05) is 6.92 Å². The van der Waals surface area contributed by atoms with E-state index in [0.717, 1.165) is 4.88 Å². The highest BCUT2D eigenvalue weighted by Crippen LogP contribution is 2.40. The van der Waals surface area contributed by atoms with Crippen LogP contribution in [0.5, 0.6) is 0 Å². The molecule has 0 spiro atoms. The Bertz CT molecular complexity index is 586. The molecule has 0 aliphatic rings. The van der Waals surface area contributed by atoms with Crippen molar-refractivity contribution in [1.82, 2.24) is 4.98 Å². The van der Waals surface area contributed by atoms with E-state index in [9.17, 15) is 14.4 Å². The largest absolute Gasteiger partial charge is 0.462 e. The van der Waals surface area contributed by atoms with Crippen molar-refractivity contribution in [1.29, 1.82) is 0 Å². The van der Waals surface area contributed by atoms with Gasteiger partial charge >= 0.3 is 7.60 Å². The van der Waals surface area contributed by atoms with Gasteiger partial charge in [-0.15, -0.1) is 11.3 Å². The fraction of sp³-hybridized carbons (Fsp3) is 0.222. The van der Waals surface area contributed by atoms with Gasteiger partial charge in [0.1, 0.15) is 11.0 Å². The number of hydrogen-bond acceptors (Lipinski definition) is 5. The fourth-order valence-electron chi connectivity index (χ4n) is 1.50. The molecule has 4 N–H and O–H groups in total. The number of anilines is 1. The Hall–Kier alpha value is -1.14. The van der Waals surface area contributed by atoms with Crippen LogP contribution in [0.2, 0.25) is 0 Å². The van der Waals surface area contributed by atoms with Crippen molar-refractivity contribution >= 4 is 29.4 Å². The molecule has 0 fully saturated rings. The van der Waals surface area contributed by atoms with Crippen molar-refractivity contribution < 1.29 is 18.8 Å². The summed E-state index contributed by atoms with van der Waals surface area (Å²) in [6.45, 7) is 1.91. The van der Waals surface area contributed by atoms with E-state index in [-0.39, 0.29) is 11.1 Å². The molecule has 0 saturated carbocycles. The normalized spacial score (nSPS) is 11.9. The van der Waals surface area contributed by atoms with Crippen LogP contribution in [-0.4, -0.2) is 14.8 Å². The maximum Gasteiger partial charge on any atom is 0.360 e. The molecular weight excluding hydrogens is 263 g/mol. The first-order chi connectivity index (χ1) is 7.93. The maximum absolute atomic E-state index is 11.3. The lowest BCUT2D eigenvalue weighted by Gasteiger charge is -2.03. The Kier molecular flexibility index (Phi) is 3.09. The molecule has 6 nitrogen and oxygen atoms in total. The number of aromatic nitrogens is 1.